The van der Waals surface area contributed by atoms with Gasteiger partial charge in [0.25, 0.3) is 0 Å². The van der Waals surface area contributed by atoms with Gasteiger partial charge in [-0.05, 0) is 13.0 Å². The van der Waals surface area contributed by atoms with E-state index in [-0.39, 0.29) is 0 Å². The van der Waals surface area contributed by atoms with Crippen LogP contribution in [0.4, 0.5) is 0 Å². The fourth-order valence-electron chi connectivity index (χ4n) is 0.414. The molecular formula is C8H13N. The SMILES string of the molecule is C=C/C=C\C=C/CCN. The molecule has 0 heterocycles. The first-order valence-corrected chi connectivity index (χ1v) is 3.06. The van der Waals surface area contributed by atoms with Gasteiger partial charge < -0.3 is 5.73 Å². The van der Waals surface area contributed by atoms with Crippen molar-refractivity contribution in [3.63, 3.8) is 0 Å². The molecule has 0 saturated heterocycles. The highest BCUT2D eigenvalue weighted by atomic mass is 14.5. The fraction of sp³-hybridized carbons (Fsp3) is 0.250. The van der Waals surface area contributed by atoms with Gasteiger partial charge in [-0.1, -0.05) is 37.0 Å². The Morgan fingerprint density at radius 3 is 2.56 bits per heavy atom. The molecule has 0 amide bonds. The second-order valence-electron chi connectivity index (χ2n) is 1.63. The van der Waals surface area contributed by atoms with E-state index in [0.29, 0.717) is 0 Å². The lowest BCUT2D eigenvalue weighted by molar-refractivity contribution is 1.01. The normalized spacial score (nSPS) is 11.2. The average Bonchev–Trinajstić information content (AvgIpc) is 1.89. The van der Waals surface area contributed by atoms with E-state index in [1.165, 1.54) is 0 Å². The van der Waals surface area contributed by atoms with Crippen LogP contribution in [0.15, 0.2) is 37.0 Å². The first kappa shape index (κ1) is 8.18. The van der Waals surface area contributed by atoms with Gasteiger partial charge >= 0.3 is 0 Å². The number of allylic oxidation sites excluding steroid dienone is 4. The molecule has 0 bridgehead atoms. The van der Waals surface area contributed by atoms with Gasteiger partial charge in [0, 0.05) is 0 Å². The van der Waals surface area contributed by atoms with Gasteiger partial charge in [-0.3, -0.25) is 0 Å². The first-order chi connectivity index (χ1) is 4.41. The molecule has 0 aliphatic rings. The summed E-state index contributed by atoms with van der Waals surface area (Å²) in [4.78, 5) is 0. The van der Waals surface area contributed by atoms with E-state index in [0.717, 1.165) is 13.0 Å². The largest absolute Gasteiger partial charge is 0.330 e. The lowest BCUT2D eigenvalue weighted by atomic mass is 10.3. The van der Waals surface area contributed by atoms with Crippen molar-refractivity contribution in [3.05, 3.63) is 37.0 Å². The molecule has 50 valence electrons. The van der Waals surface area contributed by atoms with Gasteiger partial charge in [-0.25, -0.2) is 0 Å². The molecular weight excluding hydrogens is 110 g/mol. The van der Waals surface area contributed by atoms with Gasteiger partial charge in [0.05, 0.1) is 0 Å². The monoisotopic (exact) mass is 123 g/mol. The Hall–Kier alpha value is -0.820. The minimum atomic E-state index is 0.721. The summed E-state index contributed by atoms with van der Waals surface area (Å²) in [5.41, 5.74) is 5.25. The Kier molecular flexibility index (Phi) is 6.53. The molecule has 0 aromatic heterocycles. The van der Waals surface area contributed by atoms with Crippen molar-refractivity contribution in [2.45, 2.75) is 6.42 Å². The Morgan fingerprint density at radius 1 is 1.22 bits per heavy atom. The Labute approximate surface area is 56.6 Å². The molecule has 0 unspecified atom stereocenters. The molecule has 0 aromatic carbocycles. The molecule has 0 fully saturated rings. The first-order valence-electron chi connectivity index (χ1n) is 3.06. The summed E-state index contributed by atoms with van der Waals surface area (Å²) in [6, 6.07) is 0. The zero-order valence-electron chi connectivity index (χ0n) is 5.59. The third kappa shape index (κ3) is 7.18. The summed E-state index contributed by atoms with van der Waals surface area (Å²) in [6.45, 7) is 4.25. The van der Waals surface area contributed by atoms with Crippen LogP contribution < -0.4 is 5.73 Å². The summed E-state index contributed by atoms with van der Waals surface area (Å²) in [6.07, 6.45) is 10.5. The van der Waals surface area contributed by atoms with Crippen LogP contribution in [-0.2, 0) is 0 Å². The maximum absolute atomic E-state index is 5.25. The van der Waals surface area contributed by atoms with Gasteiger partial charge in [0.2, 0.25) is 0 Å². The molecule has 2 N–H and O–H groups in total. The van der Waals surface area contributed by atoms with Crippen molar-refractivity contribution in [2.75, 3.05) is 6.54 Å². The van der Waals surface area contributed by atoms with E-state index < -0.39 is 0 Å². The number of nitrogens with two attached hydrogens (primary N) is 1. The summed E-state index contributed by atoms with van der Waals surface area (Å²) >= 11 is 0. The average molecular weight is 123 g/mol. The van der Waals surface area contributed by atoms with Gasteiger partial charge in [0.15, 0.2) is 0 Å². The van der Waals surface area contributed by atoms with Crippen LogP contribution in [0.25, 0.3) is 0 Å². The third-order valence-corrected chi connectivity index (χ3v) is 0.828. The molecule has 0 radical (unpaired) electrons. The van der Waals surface area contributed by atoms with Crippen LogP contribution in [0.3, 0.4) is 0 Å². The van der Waals surface area contributed by atoms with E-state index in [4.69, 9.17) is 5.73 Å². The van der Waals surface area contributed by atoms with Crippen LogP contribution in [0.1, 0.15) is 6.42 Å². The lowest BCUT2D eigenvalue weighted by Crippen LogP contribution is -1.94. The molecule has 0 aliphatic carbocycles. The topological polar surface area (TPSA) is 26.0 Å². The van der Waals surface area contributed by atoms with Crippen molar-refractivity contribution < 1.29 is 0 Å². The zero-order valence-corrected chi connectivity index (χ0v) is 5.59. The maximum atomic E-state index is 5.25. The highest BCUT2D eigenvalue weighted by molar-refractivity contribution is 5.08. The zero-order chi connectivity index (χ0) is 6.95. The molecule has 1 heteroatoms. The van der Waals surface area contributed by atoms with Gasteiger partial charge in [-0.15, -0.1) is 0 Å². The Morgan fingerprint density at radius 2 is 2.00 bits per heavy atom. The molecule has 0 rings (SSSR count). The second kappa shape index (κ2) is 7.18. The molecule has 0 spiro atoms. The minimum absolute atomic E-state index is 0.721. The number of rotatable bonds is 4. The standard InChI is InChI=1S/C8H13N/c1-2-3-4-5-6-7-8-9/h2-6H,1,7-9H2/b4-3-,6-5-. The van der Waals surface area contributed by atoms with Gasteiger partial charge in [-0.2, -0.15) is 0 Å². The van der Waals surface area contributed by atoms with Crippen molar-refractivity contribution in [1.82, 2.24) is 0 Å². The summed E-state index contributed by atoms with van der Waals surface area (Å²) < 4.78 is 0. The molecule has 0 saturated carbocycles. The summed E-state index contributed by atoms with van der Waals surface area (Å²) in [5, 5.41) is 0. The maximum Gasteiger partial charge on any atom is -0.00425 e. The predicted octanol–water partition coefficient (Wildman–Crippen LogP) is 1.63. The van der Waals surface area contributed by atoms with Crippen LogP contribution in [0.2, 0.25) is 0 Å². The fourth-order valence-corrected chi connectivity index (χ4v) is 0.414. The summed E-state index contributed by atoms with van der Waals surface area (Å²) in [5.74, 6) is 0. The highest BCUT2D eigenvalue weighted by Crippen LogP contribution is 1.80. The summed E-state index contributed by atoms with van der Waals surface area (Å²) in [7, 11) is 0. The molecule has 1 nitrogen and oxygen atoms in total. The molecule has 0 aliphatic heterocycles. The van der Waals surface area contributed by atoms with Crippen molar-refractivity contribution >= 4 is 0 Å². The number of hydrogen-bond acceptors (Lipinski definition) is 1. The third-order valence-electron chi connectivity index (χ3n) is 0.828. The van der Waals surface area contributed by atoms with E-state index in [1.807, 2.05) is 24.3 Å². The molecule has 0 atom stereocenters. The van der Waals surface area contributed by atoms with Crippen LogP contribution in [0, 0.1) is 0 Å². The second-order valence-corrected chi connectivity index (χ2v) is 1.63. The Bertz CT molecular complexity index is 112. The molecule has 9 heavy (non-hydrogen) atoms. The van der Waals surface area contributed by atoms with Crippen molar-refractivity contribution in [1.29, 1.82) is 0 Å². The van der Waals surface area contributed by atoms with Crippen LogP contribution >= 0.6 is 0 Å². The minimum Gasteiger partial charge on any atom is -0.330 e. The highest BCUT2D eigenvalue weighted by Gasteiger charge is 1.67. The van der Waals surface area contributed by atoms with Crippen LogP contribution in [-0.4, -0.2) is 6.54 Å². The van der Waals surface area contributed by atoms with E-state index >= 15 is 0 Å². The van der Waals surface area contributed by atoms with E-state index in [2.05, 4.69) is 6.58 Å². The smallest absolute Gasteiger partial charge is 0.00425 e. The lowest BCUT2D eigenvalue weighted by Gasteiger charge is -1.79. The van der Waals surface area contributed by atoms with Crippen molar-refractivity contribution in [2.24, 2.45) is 5.73 Å². The predicted molar refractivity (Wildman–Crippen MR) is 42.1 cm³/mol. The van der Waals surface area contributed by atoms with Crippen LogP contribution in [0.5, 0.6) is 0 Å². The Balaban J connectivity index is 3.23. The van der Waals surface area contributed by atoms with Crippen molar-refractivity contribution in [3.8, 4) is 0 Å². The number of hydrogen-bond donors (Lipinski definition) is 1. The van der Waals surface area contributed by atoms with Gasteiger partial charge in [0.1, 0.15) is 0 Å². The van der Waals surface area contributed by atoms with E-state index in [9.17, 15) is 0 Å². The van der Waals surface area contributed by atoms with E-state index in [1.54, 1.807) is 6.08 Å². The molecule has 0 aromatic rings. The quantitative estimate of drug-likeness (QED) is 0.565.